The zero-order valence-corrected chi connectivity index (χ0v) is 8.77. The molecule has 2 rings (SSSR count). The molecular weight excluding hydrogens is 219 g/mol. The molecule has 0 bridgehead atoms. The van der Waals surface area contributed by atoms with Crippen LogP contribution in [0.2, 0.25) is 0 Å². The molecule has 1 fully saturated rings. The van der Waals surface area contributed by atoms with E-state index in [1.54, 1.807) is 6.07 Å². The molecule has 1 aliphatic rings. The first-order valence-electron chi connectivity index (χ1n) is 5.00. The van der Waals surface area contributed by atoms with Gasteiger partial charge in [0, 0.05) is 6.04 Å². The highest BCUT2D eigenvalue weighted by Crippen LogP contribution is 2.35. The first kappa shape index (κ1) is 11.3. The van der Waals surface area contributed by atoms with Gasteiger partial charge in [-0.2, -0.15) is 13.2 Å². The van der Waals surface area contributed by atoms with Gasteiger partial charge in [-0.1, -0.05) is 0 Å². The Hall–Kier alpha value is -1.23. The van der Waals surface area contributed by atoms with Crippen molar-refractivity contribution in [3.63, 3.8) is 0 Å². The summed E-state index contributed by atoms with van der Waals surface area (Å²) < 4.78 is 42.7. The Labute approximate surface area is 91.4 Å². The molecule has 1 atom stereocenters. The Morgan fingerprint density at radius 1 is 1.31 bits per heavy atom. The number of alkyl halides is 3. The molecule has 0 radical (unpaired) electrons. The molecule has 1 N–H and O–H groups in total. The maximum Gasteiger partial charge on any atom is 0.416 e. The Balaban J connectivity index is 2.38. The monoisotopic (exact) mass is 231 g/mol. The summed E-state index contributed by atoms with van der Waals surface area (Å²) in [5.41, 5.74) is -0.0199. The van der Waals surface area contributed by atoms with Crippen LogP contribution in [0, 0.1) is 0 Å². The number of rotatable bonds is 2. The molecule has 5 heteroatoms. The lowest BCUT2D eigenvalue weighted by molar-refractivity contribution is -0.137. The van der Waals surface area contributed by atoms with Gasteiger partial charge in [0.25, 0.3) is 0 Å². The normalized spacial score (nSPS) is 20.4. The van der Waals surface area contributed by atoms with E-state index in [2.05, 4.69) is 5.32 Å². The van der Waals surface area contributed by atoms with Crippen molar-refractivity contribution < 1.29 is 17.9 Å². The van der Waals surface area contributed by atoms with Crippen LogP contribution >= 0.6 is 0 Å². The van der Waals surface area contributed by atoms with Crippen LogP contribution < -0.4 is 10.1 Å². The minimum atomic E-state index is -4.33. The van der Waals surface area contributed by atoms with Crippen molar-refractivity contribution in [3.05, 3.63) is 29.3 Å². The van der Waals surface area contributed by atoms with Gasteiger partial charge in [0.15, 0.2) is 0 Å². The smallest absolute Gasteiger partial charge is 0.416 e. The number of nitrogens with one attached hydrogen (secondary N) is 1. The molecule has 0 aliphatic carbocycles. The summed E-state index contributed by atoms with van der Waals surface area (Å²) in [5, 5.41) is 3.07. The SMILES string of the molecule is COc1cc([C@H]2CCN2)cc(C(F)(F)F)c1. The van der Waals surface area contributed by atoms with E-state index in [-0.39, 0.29) is 11.8 Å². The summed E-state index contributed by atoms with van der Waals surface area (Å²) >= 11 is 0. The first-order chi connectivity index (χ1) is 7.50. The number of benzene rings is 1. The van der Waals surface area contributed by atoms with Crippen LogP contribution in [0.4, 0.5) is 13.2 Å². The predicted octanol–water partition coefficient (Wildman–Crippen LogP) is 2.75. The zero-order chi connectivity index (χ0) is 11.8. The Bertz CT molecular complexity index is 385. The zero-order valence-electron chi connectivity index (χ0n) is 8.77. The molecule has 0 amide bonds. The topological polar surface area (TPSA) is 21.3 Å². The van der Waals surface area contributed by atoms with Gasteiger partial charge in [0.05, 0.1) is 12.7 Å². The Kier molecular flexibility index (Phi) is 2.80. The fourth-order valence-electron chi connectivity index (χ4n) is 1.68. The van der Waals surface area contributed by atoms with Gasteiger partial charge >= 0.3 is 6.18 Å². The van der Waals surface area contributed by atoms with Gasteiger partial charge < -0.3 is 10.1 Å². The third kappa shape index (κ3) is 2.14. The molecule has 1 heterocycles. The lowest BCUT2D eigenvalue weighted by Crippen LogP contribution is -2.35. The number of hydrogen-bond donors (Lipinski definition) is 1. The fraction of sp³-hybridized carbons (Fsp3) is 0.455. The molecule has 0 spiro atoms. The highest BCUT2D eigenvalue weighted by Gasteiger charge is 2.32. The molecule has 2 nitrogen and oxygen atoms in total. The van der Waals surface area contributed by atoms with Crippen LogP contribution in [-0.2, 0) is 6.18 Å². The molecule has 1 aliphatic heterocycles. The molecule has 1 aromatic rings. The van der Waals surface area contributed by atoms with Crippen molar-refractivity contribution in [2.24, 2.45) is 0 Å². The summed E-state index contributed by atoms with van der Waals surface area (Å²) in [6.07, 6.45) is -3.46. The Morgan fingerprint density at radius 3 is 2.44 bits per heavy atom. The van der Waals surface area contributed by atoms with E-state index in [0.717, 1.165) is 19.0 Å². The maximum atomic E-state index is 12.6. The third-order valence-electron chi connectivity index (χ3n) is 2.72. The van der Waals surface area contributed by atoms with E-state index in [4.69, 9.17) is 4.74 Å². The van der Waals surface area contributed by atoms with E-state index >= 15 is 0 Å². The average Bonchev–Trinajstić information content (AvgIpc) is 2.13. The standard InChI is InChI=1S/C11H12F3NO/c1-16-9-5-7(10-2-3-15-10)4-8(6-9)11(12,13)14/h4-6,10,15H,2-3H2,1H3/t10-/m1/s1. The van der Waals surface area contributed by atoms with E-state index in [9.17, 15) is 13.2 Å². The second-order valence-corrected chi connectivity index (χ2v) is 3.79. The molecular formula is C11H12F3NO. The van der Waals surface area contributed by atoms with Gasteiger partial charge in [0.1, 0.15) is 5.75 Å². The summed E-state index contributed by atoms with van der Waals surface area (Å²) in [6.45, 7) is 0.850. The second kappa shape index (κ2) is 3.97. The van der Waals surface area contributed by atoms with E-state index < -0.39 is 11.7 Å². The average molecular weight is 231 g/mol. The maximum absolute atomic E-state index is 12.6. The summed E-state index contributed by atoms with van der Waals surface area (Å²) in [4.78, 5) is 0. The number of ether oxygens (including phenoxy) is 1. The van der Waals surface area contributed by atoms with E-state index in [1.165, 1.54) is 13.2 Å². The van der Waals surface area contributed by atoms with Crippen molar-refractivity contribution in [3.8, 4) is 5.75 Å². The quantitative estimate of drug-likeness (QED) is 0.845. The van der Waals surface area contributed by atoms with Crippen molar-refractivity contribution >= 4 is 0 Å². The van der Waals surface area contributed by atoms with Gasteiger partial charge in [0.2, 0.25) is 0 Å². The van der Waals surface area contributed by atoms with Crippen LogP contribution in [0.3, 0.4) is 0 Å². The van der Waals surface area contributed by atoms with E-state index in [1.807, 2.05) is 0 Å². The molecule has 1 saturated heterocycles. The highest BCUT2D eigenvalue weighted by atomic mass is 19.4. The lowest BCUT2D eigenvalue weighted by Gasteiger charge is -2.28. The van der Waals surface area contributed by atoms with Gasteiger partial charge in [-0.15, -0.1) is 0 Å². The molecule has 16 heavy (non-hydrogen) atoms. The van der Waals surface area contributed by atoms with Gasteiger partial charge in [-0.05, 0) is 36.7 Å². The number of methoxy groups -OCH3 is 1. The van der Waals surface area contributed by atoms with Crippen LogP contribution in [0.25, 0.3) is 0 Å². The van der Waals surface area contributed by atoms with Crippen molar-refractivity contribution in [1.29, 1.82) is 0 Å². The minimum absolute atomic E-state index is 0.0243. The van der Waals surface area contributed by atoms with Crippen LogP contribution in [0.5, 0.6) is 5.75 Å². The molecule has 0 saturated carbocycles. The van der Waals surface area contributed by atoms with E-state index in [0.29, 0.717) is 5.56 Å². The predicted molar refractivity (Wildman–Crippen MR) is 53.4 cm³/mol. The van der Waals surface area contributed by atoms with Gasteiger partial charge in [-0.3, -0.25) is 0 Å². The van der Waals surface area contributed by atoms with Crippen LogP contribution in [-0.4, -0.2) is 13.7 Å². The van der Waals surface area contributed by atoms with Gasteiger partial charge in [-0.25, -0.2) is 0 Å². The van der Waals surface area contributed by atoms with Crippen LogP contribution in [0.15, 0.2) is 18.2 Å². The summed E-state index contributed by atoms with van der Waals surface area (Å²) in [5.74, 6) is 0.249. The second-order valence-electron chi connectivity index (χ2n) is 3.79. The number of halogens is 3. The minimum Gasteiger partial charge on any atom is -0.497 e. The van der Waals surface area contributed by atoms with Crippen LogP contribution in [0.1, 0.15) is 23.6 Å². The van der Waals surface area contributed by atoms with Crippen molar-refractivity contribution in [1.82, 2.24) is 5.32 Å². The lowest BCUT2D eigenvalue weighted by atomic mass is 9.96. The molecule has 1 aromatic carbocycles. The summed E-state index contributed by atoms with van der Waals surface area (Å²) in [6, 6.07) is 3.87. The number of hydrogen-bond acceptors (Lipinski definition) is 2. The van der Waals surface area contributed by atoms with Crippen molar-refractivity contribution in [2.75, 3.05) is 13.7 Å². The largest absolute Gasteiger partial charge is 0.497 e. The highest BCUT2D eigenvalue weighted by molar-refractivity contribution is 5.38. The molecule has 88 valence electrons. The molecule has 0 aromatic heterocycles. The third-order valence-corrected chi connectivity index (χ3v) is 2.72. The Morgan fingerprint density at radius 2 is 2.00 bits per heavy atom. The molecule has 0 unspecified atom stereocenters. The summed E-state index contributed by atoms with van der Waals surface area (Å²) in [7, 11) is 1.37. The van der Waals surface area contributed by atoms with Crippen molar-refractivity contribution in [2.45, 2.75) is 18.6 Å². The first-order valence-corrected chi connectivity index (χ1v) is 5.00. The fourth-order valence-corrected chi connectivity index (χ4v) is 1.68.